The van der Waals surface area contributed by atoms with Gasteiger partial charge < -0.3 is 10.2 Å². The summed E-state index contributed by atoms with van der Waals surface area (Å²) < 4.78 is 0. The molecule has 1 unspecified atom stereocenters. The molecule has 96 valence electrons. The highest BCUT2D eigenvalue weighted by Gasteiger charge is 2.29. The Hall–Kier alpha value is -0.640. The molecule has 1 fully saturated rings. The summed E-state index contributed by atoms with van der Waals surface area (Å²) in [7, 11) is 2.20. The molecule has 0 saturated carbocycles. The highest BCUT2D eigenvalue weighted by atomic mass is 35.5. The van der Waals surface area contributed by atoms with Crippen LogP contribution in [0.25, 0.3) is 0 Å². The zero-order valence-electron chi connectivity index (χ0n) is 10.6. The summed E-state index contributed by atoms with van der Waals surface area (Å²) in [6, 6.07) is 4.18. The number of nitrogens with one attached hydrogen (secondary N) is 1. The molecule has 0 bridgehead atoms. The standard InChI is InChI=1S/C13H21N3.ClH/c1-13(5-8-15-10-13)11-16(2)9-12-3-6-14-7-4-12;/h3-4,6-7,15H,5,8-11H2,1-2H3;1H. The van der Waals surface area contributed by atoms with Crippen LogP contribution in [0, 0.1) is 5.41 Å². The summed E-state index contributed by atoms with van der Waals surface area (Å²) in [5.74, 6) is 0. The predicted molar refractivity (Wildman–Crippen MR) is 73.4 cm³/mol. The van der Waals surface area contributed by atoms with E-state index < -0.39 is 0 Å². The Kier molecular flexibility index (Phi) is 5.37. The number of halogens is 1. The van der Waals surface area contributed by atoms with Crippen molar-refractivity contribution in [2.75, 3.05) is 26.7 Å². The first kappa shape index (κ1) is 14.4. The van der Waals surface area contributed by atoms with Crippen molar-refractivity contribution in [3.05, 3.63) is 30.1 Å². The molecule has 1 N–H and O–H groups in total. The Bertz CT molecular complexity index is 323. The second-order valence-electron chi connectivity index (χ2n) is 5.27. The van der Waals surface area contributed by atoms with Gasteiger partial charge in [0.05, 0.1) is 0 Å². The summed E-state index contributed by atoms with van der Waals surface area (Å²) in [5, 5.41) is 3.45. The third-order valence-corrected chi connectivity index (χ3v) is 3.31. The molecule has 0 spiro atoms. The lowest BCUT2D eigenvalue weighted by Gasteiger charge is -2.29. The lowest BCUT2D eigenvalue weighted by Crippen LogP contribution is -2.34. The Morgan fingerprint density at radius 1 is 1.41 bits per heavy atom. The van der Waals surface area contributed by atoms with E-state index in [0.29, 0.717) is 5.41 Å². The smallest absolute Gasteiger partial charge is 0.0271 e. The van der Waals surface area contributed by atoms with Crippen LogP contribution in [0.4, 0.5) is 0 Å². The Morgan fingerprint density at radius 3 is 2.71 bits per heavy atom. The number of hydrogen-bond donors (Lipinski definition) is 1. The minimum Gasteiger partial charge on any atom is -0.316 e. The lowest BCUT2D eigenvalue weighted by atomic mass is 9.89. The van der Waals surface area contributed by atoms with Gasteiger partial charge in [0.25, 0.3) is 0 Å². The molecule has 1 aromatic heterocycles. The molecule has 1 atom stereocenters. The minimum absolute atomic E-state index is 0. The van der Waals surface area contributed by atoms with Crippen molar-refractivity contribution in [3.63, 3.8) is 0 Å². The molecule has 1 aromatic rings. The van der Waals surface area contributed by atoms with Crippen LogP contribution in [-0.2, 0) is 6.54 Å². The van der Waals surface area contributed by atoms with Crippen LogP contribution in [0.5, 0.6) is 0 Å². The van der Waals surface area contributed by atoms with Crippen molar-refractivity contribution >= 4 is 12.4 Å². The van der Waals surface area contributed by atoms with E-state index in [2.05, 4.69) is 41.3 Å². The normalized spacial score (nSPS) is 23.7. The summed E-state index contributed by atoms with van der Waals surface area (Å²) >= 11 is 0. The van der Waals surface area contributed by atoms with Crippen molar-refractivity contribution in [2.24, 2.45) is 5.41 Å². The summed E-state index contributed by atoms with van der Waals surface area (Å²) in [5.41, 5.74) is 1.79. The molecule has 0 aliphatic carbocycles. The van der Waals surface area contributed by atoms with E-state index in [0.717, 1.165) is 19.6 Å². The van der Waals surface area contributed by atoms with Gasteiger partial charge in [-0.05, 0) is 43.1 Å². The van der Waals surface area contributed by atoms with Gasteiger partial charge in [0.2, 0.25) is 0 Å². The molecule has 0 aromatic carbocycles. The zero-order valence-corrected chi connectivity index (χ0v) is 11.5. The molecule has 4 heteroatoms. The number of rotatable bonds is 4. The minimum atomic E-state index is 0. The first-order valence-electron chi connectivity index (χ1n) is 5.96. The van der Waals surface area contributed by atoms with Gasteiger partial charge in [0, 0.05) is 32.0 Å². The van der Waals surface area contributed by atoms with Gasteiger partial charge in [-0.3, -0.25) is 4.98 Å². The van der Waals surface area contributed by atoms with Crippen LogP contribution < -0.4 is 5.32 Å². The van der Waals surface area contributed by atoms with Gasteiger partial charge in [-0.2, -0.15) is 0 Å². The Morgan fingerprint density at radius 2 is 2.12 bits per heavy atom. The fraction of sp³-hybridized carbons (Fsp3) is 0.615. The Balaban J connectivity index is 0.00000144. The summed E-state index contributed by atoms with van der Waals surface area (Å²) in [6.07, 6.45) is 5.01. The molecule has 1 aliphatic rings. The van der Waals surface area contributed by atoms with Gasteiger partial charge in [0.15, 0.2) is 0 Å². The van der Waals surface area contributed by atoms with Gasteiger partial charge in [-0.15, -0.1) is 12.4 Å². The maximum atomic E-state index is 4.04. The molecule has 2 rings (SSSR count). The maximum absolute atomic E-state index is 4.04. The highest BCUT2D eigenvalue weighted by molar-refractivity contribution is 5.85. The van der Waals surface area contributed by atoms with Crippen molar-refractivity contribution in [1.82, 2.24) is 15.2 Å². The molecule has 2 heterocycles. The zero-order chi connectivity index (χ0) is 11.4. The van der Waals surface area contributed by atoms with E-state index in [-0.39, 0.29) is 12.4 Å². The van der Waals surface area contributed by atoms with Crippen LogP contribution in [-0.4, -0.2) is 36.6 Å². The number of aromatic nitrogens is 1. The van der Waals surface area contributed by atoms with Gasteiger partial charge in [0.1, 0.15) is 0 Å². The molecular weight excluding hydrogens is 234 g/mol. The third kappa shape index (κ3) is 4.26. The highest BCUT2D eigenvalue weighted by Crippen LogP contribution is 2.25. The van der Waals surface area contributed by atoms with E-state index in [4.69, 9.17) is 0 Å². The molecule has 3 nitrogen and oxygen atoms in total. The van der Waals surface area contributed by atoms with Crippen molar-refractivity contribution < 1.29 is 0 Å². The average Bonchev–Trinajstić information content (AvgIpc) is 2.66. The van der Waals surface area contributed by atoms with Crippen LogP contribution >= 0.6 is 12.4 Å². The Labute approximate surface area is 110 Å². The summed E-state index contributed by atoms with van der Waals surface area (Å²) in [4.78, 5) is 6.45. The van der Waals surface area contributed by atoms with E-state index in [1.165, 1.54) is 18.5 Å². The molecular formula is C13H22ClN3. The topological polar surface area (TPSA) is 28.2 Å². The monoisotopic (exact) mass is 255 g/mol. The van der Waals surface area contributed by atoms with Gasteiger partial charge >= 0.3 is 0 Å². The van der Waals surface area contributed by atoms with Crippen molar-refractivity contribution in [2.45, 2.75) is 19.9 Å². The van der Waals surface area contributed by atoms with E-state index in [9.17, 15) is 0 Å². The van der Waals surface area contributed by atoms with Crippen LogP contribution in [0.3, 0.4) is 0 Å². The second kappa shape index (κ2) is 6.34. The number of hydrogen-bond acceptors (Lipinski definition) is 3. The van der Waals surface area contributed by atoms with E-state index in [1.807, 2.05) is 12.4 Å². The van der Waals surface area contributed by atoms with Crippen molar-refractivity contribution in [3.8, 4) is 0 Å². The molecule has 1 aliphatic heterocycles. The van der Waals surface area contributed by atoms with E-state index in [1.54, 1.807) is 0 Å². The molecule has 1 saturated heterocycles. The first-order chi connectivity index (χ1) is 7.68. The van der Waals surface area contributed by atoms with Crippen molar-refractivity contribution in [1.29, 1.82) is 0 Å². The third-order valence-electron chi connectivity index (χ3n) is 3.31. The number of pyridine rings is 1. The van der Waals surface area contributed by atoms with Gasteiger partial charge in [-0.1, -0.05) is 6.92 Å². The SMILES string of the molecule is CN(Cc1ccncc1)CC1(C)CCNC1.Cl. The fourth-order valence-electron chi connectivity index (χ4n) is 2.51. The van der Waals surface area contributed by atoms with Crippen LogP contribution in [0.1, 0.15) is 18.9 Å². The quantitative estimate of drug-likeness (QED) is 0.891. The maximum Gasteiger partial charge on any atom is 0.0271 e. The average molecular weight is 256 g/mol. The number of nitrogens with zero attached hydrogens (tertiary/aromatic N) is 2. The summed E-state index contributed by atoms with van der Waals surface area (Å²) in [6.45, 7) is 6.85. The van der Waals surface area contributed by atoms with Gasteiger partial charge in [-0.25, -0.2) is 0 Å². The predicted octanol–water partition coefficient (Wildman–Crippen LogP) is 1.93. The largest absolute Gasteiger partial charge is 0.316 e. The fourth-order valence-corrected chi connectivity index (χ4v) is 2.51. The van der Waals surface area contributed by atoms with Crippen LogP contribution in [0.15, 0.2) is 24.5 Å². The van der Waals surface area contributed by atoms with E-state index >= 15 is 0 Å². The van der Waals surface area contributed by atoms with Crippen LogP contribution in [0.2, 0.25) is 0 Å². The molecule has 0 radical (unpaired) electrons. The molecule has 17 heavy (non-hydrogen) atoms. The first-order valence-corrected chi connectivity index (χ1v) is 5.96. The lowest BCUT2D eigenvalue weighted by molar-refractivity contribution is 0.203. The molecule has 0 amide bonds. The second-order valence-corrected chi connectivity index (χ2v) is 5.27.